The molecule has 112 valence electrons. The van der Waals surface area contributed by atoms with Crippen molar-refractivity contribution in [3.8, 4) is 22.4 Å². The largest absolute Gasteiger partial charge is 0.461 e. The summed E-state index contributed by atoms with van der Waals surface area (Å²) in [5, 5.41) is 7.05. The van der Waals surface area contributed by atoms with Crippen molar-refractivity contribution in [3.05, 3.63) is 48.4 Å². The number of para-hydroxylation sites is 1. The Kier molecular flexibility index (Phi) is 3.65. The monoisotopic (exact) mass is 296 g/mol. The highest BCUT2D eigenvalue weighted by Crippen LogP contribution is 2.33. The molecule has 2 heterocycles. The highest BCUT2D eigenvalue weighted by molar-refractivity contribution is 5.91. The number of rotatable bonds is 4. The molecule has 0 aliphatic heterocycles. The van der Waals surface area contributed by atoms with E-state index < -0.39 is 0 Å². The summed E-state index contributed by atoms with van der Waals surface area (Å²) in [5.41, 5.74) is 10.5. The number of anilines is 1. The number of aromatic nitrogens is 3. The van der Waals surface area contributed by atoms with E-state index in [9.17, 15) is 4.79 Å². The second kappa shape index (κ2) is 5.77. The molecule has 0 radical (unpaired) electrons. The van der Waals surface area contributed by atoms with Gasteiger partial charge in [-0.15, -0.1) is 0 Å². The normalized spacial score (nSPS) is 10.6. The van der Waals surface area contributed by atoms with E-state index in [1.165, 1.54) is 0 Å². The molecule has 0 amide bonds. The van der Waals surface area contributed by atoms with Crippen molar-refractivity contribution in [2.75, 3.05) is 12.3 Å². The Morgan fingerprint density at radius 3 is 2.91 bits per heavy atom. The number of hydrogen-bond acceptors (Lipinski definition) is 4. The van der Waals surface area contributed by atoms with Crippen molar-refractivity contribution in [1.82, 2.24) is 15.2 Å². The van der Waals surface area contributed by atoms with Gasteiger partial charge >= 0.3 is 5.97 Å². The molecule has 0 atom stereocenters. The van der Waals surface area contributed by atoms with Crippen molar-refractivity contribution in [2.45, 2.75) is 6.92 Å². The van der Waals surface area contributed by atoms with E-state index in [4.69, 9.17) is 10.5 Å². The number of carbonyl (C=O) groups excluding carboxylic acids is 1. The summed E-state index contributed by atoms with van der Waals surface area (Å²) in [5.74, 6) is -0.381. The second-order valence-electron chi connectivity index (χ2n) is 4.77. The van der Waals surface area contributed by atoms with Crippen LogP contribution in [0.4, 0.5) is 5.69 Å². The van der Waals surface area contributed by atoms with Gasteiger partial charge in [-0.3, -0.25) is 5.10 Å². The lowest BCUT2D eigenvalue weighted by Gasteiger charge is -2.05. The molecule has 4 N–H and O–H groups in total. The van der Waals surface area contributed by atoms with Crippen molar-refractivity contribution in [2.24, 2.45) is 0 Å². The summed E-state index contributed by atoms with van der Waals surface area (Å²) in [6, 6.07) is 9.31. The lowest BCUT2D eigenvalue weighted by atomic mass is 10.0. The van der Waals surface area contributed by atoms with Gasteiger partial charge in [0.2, 0.25) is 0 Å². The van der Waals surface area contributed by atoms with Crippen LogP contribution in [0.3, 0.4) is 0 Å². The van der Waals surface area contributed by atoms with Gasteiger partial charge in [-0.25, -0.2) is 4.79 Å². The van der Waals surface area contributed by atoms with Crippen LogP contribution in [-0.2, 0) is 4.74 Å². The maximum atomic E-state index is 11.7. The predicted molar refractivity (Wildman–Crippen MR) is 84.2 cm³/mol. The number of aromatic amines is 2. The molecule has 6 nitrogen and oxygen atoms in total. The van der Waals surface area contributed by atoms with Crippen LogP contribution in [0, 0.1) is 0 Å². The Labute approximate surface area is 127 Å². The van der Waals surface area contributed by atoms with E-state index in [1.807, 2.05) is 24.3 Å². The van der Waals surface area contributed by atoms with Gasteiger partial charge in [-0.2, -0.15) is 5.10 Å². The number of ether oxygens (including phenoxy) is 1. The molecule has 3 aromatic rings. The van der Waals surface area contributed by atoms with Crippen LogP contribution in [0.25, 0.3) is 22.4 Å². The molecule has 6 heteroatoms. The van der Waals surface area contributed by atoms with Gasteiger partial charge in [0.15, 0.2) is 0 Å². The predicted octanol–water partition coefficient (Wildman–Crippen LogP) is 2.83. The van der Waals surface area contributed by atoms with Crippen molar-refractivity contribution >= 4 is 11.7 Å². The minimum Gasteiger partial charge on any atom is -0.461 e. The minimum atomic E-state index is -0.381. The first kappa shape index (κ1) is 13.9. The summed E-state index contributed by atoms with van der Waals surface area (Å²) >= 11 is 0. The van der Waals surface area contributed by atoms with E-state index >= 15 is 0 Å². The zero-order chi connectivity index (χ0) is 15.5. The van der Waals surface area contributed by atoms with Gasteiger partial charge < -0.3 is 15.5 Å². The Morgan fingerprint density at radius 1 is 1.32 bits per heavy atom. The van der Waals surface area contributed by atoms with Gasteiger partial charge in [-0.05, 0) is 19.1 Å². The quantitative estimate of drug-likeness (QED) is 0.509. The summed E-state index contributed by atoms with van der Waals surface area (Å²) in [4.78, 5) is 14.7. The fraction of sp³-hybridized carbons (Fsp3) is 0.125. The number of hydrogen-bond donors (Lipinski definition) is 3. The van der Waals surface area contributed by atoms with Gasteiger partial charge in [0, 0.05) is 28.6 Å². The zero-order valence-corrected chi connectivity index (χ0v) is 12.1. The number of esters is 1. The van der Waals surface area contributed by atoms with E-state index in [2.05, 4.69) is 15.2 Å². The maximum absolute atomic E-state index is 11.7. The highest BCUT2D eigenvalue weighted by Gasteiger charge is 2.15. The lowest BCUT2D eigenvalue weighted by molar-refractivity contribution is 0.0520. The molecule has 22 heavy (non-hydrogen) atoms. The SMILES string of the molecule is CCOC(=O)c1cc(-c2[nH]ncc2-c2ccccc2N)c[nH]1. The Bertz CT molecular complexity index is 804. The molecule has 2 aromatic heterocycles. The molecule has 0 unspecified atom stereocenters. The summed E-state index contributed by atoms with van der Waals surface area (Å²) in [6.45, 7) is 2.11. The number of carbonyl (C=O) groups is 1. The van der Waals surface area contributed by atoms with Crippen LogP contribution in [-0.4, -0.2) is 27.8 Å². The second-order valence-corrected chi connectivity index (χ2v) is 4.77. The molecule has 1 aromatic carbocycles. The Balaban J connectivity index is 1.99. The first-order chi connectivity index (χ1) is 10.7. The maximum Gasteiger partial charge on any atom is 0.354 e. The number of nitrogen functional groups attached to an aromatic ring is 1. The molecule has 0 bridgehead atoms. The molecular weight excluding hydrogens is 280 g/mol. The first-order valence-electron chi connectivity index (χ1n) is 6.95. The van der Waals surface area contributed by atoms with E-state index in [1.54, 1.807) is 25.4 Å². The van der Waals surface area contributed by atoms with Crippen LogP contribution < -0.4 is 5.73 Å². The average Bonchev–Trinajstić information content (AvgIpc) is 3.17. The fourth-order valence-corrected chi connectivity index (χ4v) is 2.32. The summed E-state index contributed by atoms with van der Waals surface area (Å²) in [7, 11) is 0. The van der Waals surface area contributed by atoms with Crippen molar-refractivity contribution in [3.63, 3.8) is 0 Å². The van der Waals surface area contributed by atoms with Crippen molar-refractivity contribution < 1.29 is 9.53 Å². The number of H-pyrrole nitrogens is 2. The van der Waals surface area contributed by atoms with Gasteiger partial charge in [-0.1, -0.05) is 18.2 Å². The number of nitrogens with one attached hydrogen (secondary N) is 2. The van der Waals surface area contributed by atoms with E-state index in [-0.39, 0.29) is 5.97 Å². The van der Waals surface area contributed by atoms with Crippen LogP contribution in [0.2, 0.25) is 0 Å². The number of nitrogens with zero attached hydrogens (tertiary/aromatic N) is 1. The first-order valence-corrected chi connectivity index (χ1v) is 6.95. The lowest BCUT2D eigenvalue weighted by Crippen LogP contribution is -2.04. The van der Waals surface area contributed by atoms with Gasteiger partial charge in [0.1, 0.15) is 5.69 Å². The standard InChI is InChI=1S/C16H16N4O2/c1-2-22-16(21)14-7-10(8-18-14)15-12(9-19-20-15)11-5-3-4-6-13(11)17/h3-9,18H,2,17H2,1H3,(H,19,20). The number of benzene rings is 1. The molecule has 3 rings (SSSR count). The van der Waals surface area contributed by atoms with Crippen LogP contribution in [0.5, 0.6) is 0 Å². The Morgan fingerprint density at radius 2 is 2.14 bits per heavy atom. The van der Waals surface area contributed by atoms with Gasteiger partial charge in [0.25, 0.3) is 0 Å². The average molecular weight is 296 g/mol. The third kappa shape index (κ3) is 2.46. The molecule has 0 saturated carbocycles. The molecule has 0 fully saturated rings. The summed E-state index contributed by atoms with van der Waals surface area (Å²) in [6.07, 6.45) is 3.46. The molecule has 0 aliphatic rings. The zero-order valence-electron chi connectivity index (χ0n) is 12.1. The summed E-state index contributed by atoms with van der Waals surface area (Å²) < 4.78 is 4.98. The van der Waals surface area contributed by atoms with Crippen LogP contribution >= 0.6 is 0 Å². The van der Waals surface area contributed by atoms with Crippen LogP contribution in [0.15, 0.2) is 42.7 Å². The van der Waals surface area contributed by atoms with Crippen molar-refractivity contribution in [1.29, 1.82) is 0 Å². The Hall–Kier alpha value is -3.02. The third-order valence-corrected chi connectivity index (χ3v) is 3.36. The fourth-order valence-electron chi connectivity index (χ4n) is 2.32. The molecular formula is C16H16N4O2. The molecule has 0 saturated heterocycles. The third-order valence-electron chi connectivity index (χ3n) is 3.36. The molecule has 0 spiro atoms. The van der Waals surface area contributed by atoms with E-state index in [0.29, 0.717) is 18.0 Å². The van der Waals surface area contributed by atoms with Gasteiger partial charge in [0.05, 0.1) is 18.5 Å². The smallest absolute Gasteiger partial charge is 0.354 e. The minimum absolute atomic E-state index is 0.336. The topological polar surface area (TPSA) is 96.8 Å². The van der Waals surface area contributed by atoms with E-state index in [0.717, 1.165) is 22.4 Å². The highest BCUT2D eigenvalue weighted by atomic mass is 16.5. The van der Waals surface area contributed by atoms with Crippen LogP contribution in [0.1, 0.15) is 17.4 Å². The number of nitrogens with two attached hydrogens (primary N) is 1. The molecule has 0 aliphatic carbocycles.